The molecule has 1 amide bonds. The molecule has 0 saturated carbocycles. The highest BCUT2D eigenvalue weighted by atomic mass is 35.5. The Balaban J connectivity index is 1.66. The van der Waals surface area contributed by atoms with Crippen LogP contribution in [-0.2, 0) is 0 Å². The van der Waals surface area contributed by atoms with E-state index in [-0.39, 0.29) is 40.8 Å². The SMILES string of the molecule is Nc1ccccc1OCCOc1ccc(NC(=O)c2ccc(Cl)cc2Cl)c(C(=O)[O-])c1. The average Bonchev–Trinajstić information content (AvgIpc) is 2.73. The van der Waals surface area contributed by atoms with Gasteiger partial charge < -0.3 is 30.4 Å². The summed E-state index contributed by atoms with van der Waals surface area (Å²) in [5.41, 5.74) is 6.24. The minimum Gasteiger partial charge on any atom is -0.545 e. The predicted molar refractivity (Wildman–Crippen MR) is 117 cm³/mol. The second-order valence-electron chi connectivity index (χ2n) is 6.31. The standard InChI is InChI=1S/C22H18Cl2N2O5/c23-13-5-7-15(17(24)11-13)21(27)26-19-8-6-14(12-16(19)22(28)29)30-9-10-31-20-4-2-1-3-18(20)25/h1-8,11-12H,9-10,25H2,(H,26,27)(H,28,29)/p-1. The smallest absolute Gasteiger partial charge is 0.257 e. The molecule has 0 heterocycles. The van der Waals surface area contributed by atoms with E-state index >= 15 is 0 Å². The first kappa shape index (κ1) is 22.3. The third-order valence-electron chi connectivity index (χ3n) is 4.16. The number of nitrogen functional groups attached to an aromatic ring is 1. The highest BCUT2D eigenvalue weighted by molar-refractivity contribution is 6.37. The number of rotatable bonds is 8. The third kappa shape index (κ3) is 5.81. The van der Waals surface area contributed by atoms with Gasteiger partial charge in [-0.15, -0.1) is 0 Å². The molecule has 31 heavy (non-hydrogen) atoms. The zero-order valence-corrected chi connectivity index (χ0v) is 17.6. The number of hydrogen-bond donors (Lipinski definition) is 2. The van der Waals surface area contributed by atoms with Gasteiger partial charge in [-0.2, -0.15) is 0 Å². The Kier molecular flexibility index (Phi) is 7.23. The van der Waals surface area contributed by atoms with Crippen LogP contribution in [0.3, 0.4) is 0 Å². The Morgan fingerprint density at radius 2 is 1.68 bits per heavy atom. The van der Waals surface area contributed by atoms with Crippen LogP contribution in [0.25, 0.3) is 0 Å². The maximum absolute atomic E-state index is 12.5. The molecule has 7 nitrogen and oxygen atoms in total. The summed E-state index contributed by atoms with van der Waals surface area (Å²) in [7, 11) is 0. The van der Waals surface area contributed by atoms with Gasteiger partial charge in [0.2, 0.25) is 0 Å². The number of anilines is 2. The summed E-state index contributed by atoms with van der Waals surface area (Å²) in [6.07, 6.45) is 0. The van der Waals surface area contributed by atoms with Gasteiger partial charge in [-0.25, -0.2) is 0 Å². The normalized spacial score (nSPS) is 10.4. The molecule has 0 aliphatic carbocycles. The fourth-order valence-corrected chi connectivity index (χ4v) is 3.17. The molecule has 3 aromatic carbocycles. The Labute approximate surface area is 188 Å². The monoisotopic (exact) mass is 459 g/mol. The second-order valence-corrected chi connectivity index (χ2v) is 7.15. The summed E-state index contributed by atoms with van der Waals surface area (Å²) in [5.74, 6) is -1.27. The number of carboxylic acids is 1. The highest BCUT2D eigenvalue weighted by Gasteiger charge is 2.14. The number of carbonyl (C=O) groups excluding carboxylic acids is 2. The van der Waals surface area contributed by atoms with Gasteiger partial charge in [-0.05, 0) is 48.5 Å². The molecule has 3 rings (SSSR count). The molecule has 0 bridgehead atoms. The van der Waals surface area contributed by atoms with E-state index in [0.717, 1.165) is 0 Å². The van der Waals surface area contributed by atoms with Gasteiger partial charge in [0, 0.05) is 10.6 Å². The van der Waals surface area contributed by atoms with Crippen LogP contribution in [0.2, 0.25) is 10.0 Å². The number of amides is 1. The number of benzene rings is 3. The second kappa shape index (κ2) is 10.1. The maximum Gasteiger partial charge on any atom is 0.257 e. The number of ether oxygens (including phenoxy) is 2. The van der Waals surface area contributed by atoms with Crippen LogP contribution >= 0.6 is 23.2 Å². The van der Waals surface area contributed by atoms with Crippen molar-refractivity contribution < 1.29 is 24.2 Å². The van der Waals surface area contributed by atoms with Gasteiger partial charge in [0.15, 0.2) is 0 Å². The Bertz CT molecular complexity index is 1120. The van der Waals surface area contributed by atoms with E-state index in [1.54, 1.807) is 24.3 Å². The molecule has 9 heteroatoms. The van der Waals surface area contributed by atoms with Crippen LogP contribution in [-0.4, -0.2) is 25.1 Å². The summed E-state index contributed by atoms with van der Waals surface area (Å²) in [6.45, 7) is 0.343. The summed E-state index contributed by atoms with van der Waals surface area (Å²) >= 11 is 11.9. The Hall–Kier alpha value is -3.42. The van der Waals surface area contributed by atoms with Crippen LogP contribution < -0.4 is 25.6 Å². The molecule has 0 aromatic heterocycles. The van der Waals surface area contributed by atoms with E-state index in [2.05, 4.69) is 5.32 Å². The lowest BCUT2D eigenvalue weighted by molar-refractivity contribution is -0.254. The number of carboxylic acid groups (broad SMARTS) is 1. The summed E-state index contributed by atoms with van der Waals surface area (Å²) in [4.78, 5) is 24.0. The molecule has 3 aromatic rings. The van der Waals surface area contributed by atoms with Gasteiger partial charge in [0.1, 0.15) is 24.7 Å². The van der Waals surface area contributed by atoms with Gasteiger partial charge >= 0.3 is 0 Å². The number of hydrogen-bond acceptors (Lipinski definition) is 6. The van der Waals surface area contributed by atoms with Crippen molar-refractivity contribution in [1.82, 2.24) is 0 Å². The zero-order chi connectivity index (χ0) is 22.4. The molecule has 3 N–H and O–H groups in total. The van der Waals surface area contributed by atoms with Crippen molar-refractivity contribution >= 4 is 46.5 Å². The van der Waals surface area contributed by atoms with Crippen molar-refractivity contribution in [2.45, 2.75) is 0 Å². The van der Waals surface area contributed by atoms with E-state index in [1.807, 2.05) is 0 Å². The van der Waals surface area contributed by atoms with Crippen molar-refractivity contribution in [3.8, 4) is 11.5 Å². The predicted octanol–water partition coefficient (Wildman–Crippen LogP) is 3.65. The molecule has 0 unspecified atom stereocenters. The number of para-hydroxylation sites is 2. The topological polar surface area (TPSA) is 114 Å². The number of carbonyl (C=O) groups is 2. The minimum atomic E-state index is -1.48. The van der Waals surface area contributed by atoms with Crippen LogP contribution in [0, 0.1) is 0 Å². The number of halogens is 2. The molecule has 0 aliphatic rings. The largest absolute Gasteiger partial charge is 0.545 e. The number of nitrogens with one attached hydrogen (secondary N) is 1. The first-order valence-electron chi connectivity index (χ1n) is 9.07. The molecule has 0 atom stereocenters. The van der Waals surface area contributed by atoms with E-state index in [0.29, 0.717) is 16.5 Å². The average molecular weight is 460 g/mol. The lowest BCUT2D eigenvalue weighted by Gasteiger charge is -2.15. The fourth-order valence-electron chi connectivity index (χ4n) is 2.68. The van der Waals surface area contributed by atoms with Gasteiger partial charge in [0.25, 0.3) is 5.91 Å². The number of nitrogens with two attached hydrogens (primary N) is 1. The van der Waals surface area contributed by atoms with Gasteiger partial charge in [-0.3, -0.25) is 4.79 Å². The van der Waals surface area contributed by atoms with Crippen molar-refractivity contribution in [2.75, 3.05) is 24.3 Å². The van der Waals surface area contributed by atoms with Crippen LogP contribution in [0.4, 0.5) is 11.4 Å². The van der Waals surface area contributed by atoms with Crippen molar-refractivity contribution in [2.24, 2.45) is 0 Å². The summed E-state index contributed by atoms with van der Waals surface area (Å²) < 4.78 is 11.1. The van der Waals surface area contributed by atoms with Crippen LogP contribution in [0.5, 0.6) is 11.5 Å². The molecule has 0 radical (unpaired) electrons. The molecule has 0 spiro atoms. The fraction of sp³-hybridized carbons (Fsp3) is 0.0909. The molecular formula is C22H17Cl2N2O5-. The minimum absolute atomic E-state index is 0.0386. The van der Waals surface area contributed by atoms with Gasteiger partial charge in [-0.1, -0.05) is 35.3 Å². The van der Waals surface area contributed by atoms with Crippen LogP contribution in [0.15, 0.2) is 60.7 Å². The third-order valence-corrected chi connectivity index (χ3v) is 4.71. The van der Waals surface area contributed by atoms with Crippen molar-refractivity contribution in [1.29, 1.82) is 0 Å². The molecule has 0 saturated heterocycles. The highest BCUT2D eigenvalue weighted by Crippen LogP contribution is 2.26. The quantitative estimate of drug-likeness (QED) is 0.392. The maximum atomic E-state index is 12.5. The lowest BCUT2D eigenvalue weighted by atomic mass is 10.1. The van der Waals surface area contributed by atoms with Gasteiger partial charge in [0.05, 0.1) is 27.9 Å². The molecule has 0 aliphatic heterocycles. The Morgan fingerprint density at radius 3 is 2.39 bits per heavy atom. The van der Waals surface area contributed by atoms with E-state index in [9.17, 15) is 14.7 Å². The lowest BCUT2D eigenvalue weighted by Crippen LogP contribution is -2.25. The van der Waals surface area contributed by atoms with E-state index in [4.69, 9.17) is 38.4 Å². The Morgan fingerprint density at radius 1 is 0.935 bits per heavy atom. The van der Waals surface area contributed by atoms with E-state index in [1.165, 1.54) is 36.4 Å². The van der Waals surface area contributed by atoms with Crippen LogP contribution in [0.1, 0.15) is 20.7 Å². The number of aromatic carboxylic acids is 1. The summed E-state index contributed by atoms with van der Waals surface area (Å²) in [5, 5.41) is 14.6. The molecular weight excluding hydrogens is 443 g/mol. The zero-order valence-electron chi connectivity index (χ0n) is 16.1. The molecule has 160 valence electrons. The summed E-state index contributed by atoms with van der Waals surface area (Å²) in [6, 6.07) is 15.6. The van der Waals surface area contributed by atoms with E-state index < -0.39 is 11.9 Å². The molecule has 0 fully saturated rings. The van der Waals surface area contributed by atoms with Crippen molar-refractivity contribution in [3.05, 3.63) is 81.8 Å². The first-order valence-corrected chi connectivity index (χ1v) is 9.82. The first-order chi connectivity index (χ1) is 14.8. The van der Waals surface area contributed by atoms with Crippen molar-refractivity contribution in [3.63, 3.8) is 0 Å².